The molecule has 0 fully saturated rings. The van der Waals surface area contributed by atoms with E-state index in [0.29, 0.717) is 12.1 Å². The van der Waals surface area contributed by atoms with Gasteiger partial charge in [-0.05, 0) is 35.7 Å². The molecule has 0 radical (unpaired) electrons. The van der Waals surface area contributed by atoms with Crippen LogP contribution in [0.5, 0.6) is 0 Å². The topological polar surface area (TPSA) is 55.4 Å². The van der Waals surface area contributed by atoms with E-state index in [1.807, 2.05) is 54.6 Å². The van der Waals surface area contributed by atoms with E-state index in [9.17, 15) is 9.59 Å². The third kappa shape index (κ3) is 5.12. The first kappa shape index (κ1) is 19.9. The highest BCUT2D eigenvalue weighted by Gasteiger charge is 2.16. The molecule has 1 N–H and O–H groups in total. The molecule has 1 amide bonds. The third-order valence-electron chi connectivity index (χ3n) is 4.03. The van der Waals surface area contributed by atoms with Crippen LogP contribution in [0.4, 0.5) is 5.69 Å². The number of ether oxygens (including phenoxy) is 1. The molecule has 0 saturated carbocycles. The average molecular weight is 414 g/mol. The third-order valence-corrected chi connectivity index (χ3v) is 4.85. The van der Waals surface area contributed by atoms with E-state index in [0.717, 1.165) is 11.1 Å². The molecule has 0 heterocycles. The van der Waals surface area contributed by atoms with Crippen LogP contribution < -0.4 is 5.32 Å². The van der Waals surface area contributed by atoms with Crippen LogP contribution >= 0.6 is 23.2 Å². The zero-order chi connectivity index (χ0) is 19.9. The van der Waals surface area contributed by atoms with Crippen molar-refractivity contribution in [3.8, 4) is 0 Å². The summed E-state index contributed by atoms with van der Waals surface area (Å²) in [6, 6.07) is 22.1. The monoisotopic (exact) mass is 413 g/mol. The van der Waals surface area contributed by atoms with Gasteiger partial charge in [-0.1, -0.05) is 77.8 Å². The number of anilines is 1. The van der Waals surface area contributed by atoms with Crippen LogP contribution in [0.2, 0.25) is 10.0 Å². The van der Waals surface area contributed by atoms with Gasteiger partial charge in [0.2, 0.25) is 0 Å². The van der Waals surface area contributed by atoms with E-state index in [1.165, 1.54) is 6.07 Å². The Bertz CT molecular complexity index is 990. The van der Waals surface area contributed by atoms with Crippen LogP contribution in [-0.2, 0) is 16.0 Å². The van der Waals surface area contributed by atoms with Crippen molar-refractivity contribution < 1.29 is 14.3 Å². The van der Waals surface area contributed by atoms with E-state index in [1.54, 1.807) is 12.1 Å². The van der Waals surface area contributed by atoms with Crippen molar-refractivity contribution in [3.05, 3.63) is 99.5 Å². The summed E-state index contributed by atoms with van der Waals surface area (Å²) in [4.78, 5) is 24.4. The molecule has 0 aliphatic rings. The first-order chi connectivity index (χ1) is 13.5. The van der Waals surface area contributed by atoms with Gasteiger partial charge in [-0.15, -0.1) is 0 Å². The molecule has 3 rings (SSSR count). The highest BCUT2D eigenvalue weighted by Crippen LogP contribution is 2.26. The van der Waals surface area contributed by atoms with Crippen LogP contribution in [-0.4, -0.2) is 18.5 Å². The molecule has 142 valence electrons. The number of halogens is 2. The number of amides is 1. The van der Waals surface area contributed by atoms with E-state index < -0.39 is 18.5 Å². The quantitative estimate of drug-likeness (QED) is 0.551. The van der Waals surface area contributed by atoms with Crippen LogP contribution in [0.1, 0.15) is 21.5 Å². The molecule has 4 nitrogen and oxygen atoms in total. The minimum atomic E-state index is -0.708. The van der Waals surface area contributed by atoms with Crippen molar-refractivity contribution in [2.24, 2.45) is 0 Å². The number of rotatable bonds is 6. The Morgan fingerprint density at radius 2 is 1.57 bits per heavy atom. The molecule has 0 spiro atoms. The predicted octanol–water partition coefficient (Wildman–Crippen LogP) is 5.38. The number of carbonyl (C=O) groups excluding carboxylic acids is 2. The molecule has 0 aliphatic carbocycles. The van der Waals surface area contributed by atoms with Gasteiger partial charge in [0.05, 0.1) is 15.6 Å². The van der Waals surface area contributed by atoms with Gasteiger partial charge in [0.15, 0.2) is 6.61 Å². The van der Waals surface area contributed by atoms with Crippen LogP contribution in [0.25, 0.3) is 0 Å². The summed E-state index contributed by atoms with van der Waals surface area (Å²) in [5.41, 5.74) is 2.89. The van der Waals surface area contributed by atoms with Gasteiger partial charge in [0.1, 0.15) is 0 Å². The van der Waals surface area contributed by atoms with Gasteiger partial charge in [-0.3, -0.25) is 4.79 Å². The molecule has 0 unspecified atom stereocenters. The zero-order valence-corrected chi connectivity index (χ0v) is 16.3. The van der Waals surface area contributed by atoms with Gasteiger partial charge < -0.3 is 10.1 Å². The Kier molecular flexibility index (Phi) is 6.69. The van der Waals surface area contributed by atoms with Crippen molar-refractivity contribution in [1.82, 2.24) is 0 Å². The lowest BCUT2D eigenvalue weighted by Gasteiger charge is -2.12. The molecule has 0 aromatic heterocycles. The Balaban J connectivity index is 1.62. The second kappa shape index (κ2) is 9.40. The van der Waals surface area contributed by atoms with Crippen molar-refractivity contribution in [2.75, 3.05) is 11.9 Å². The molecule has 0 saturated heterocycles. The fourth-order valence-electron chi connectivity index (χ4n) is 2.67. The summed E-state index contributed by atoms with van der Waals surface area (Å²) < 4.78 is 5.06. The van der Waals surface area contributed by atoms with E-state index in [-0.39, 0.29) is 15.6 Å². The summed E-state index contributed by atoms with van der Waals surface area (Å²) in [7, 11) is 0. The Hall–Kier alpha value is -2.82. The second-order valence-electron chi connectivity index (χ2n) is 6.05. The number of benzene rings is 3. The number of esters is 1. The molecule has 0 aliphatic heterocycles. The molecular formula is C22H17Cl2NO3. The van der Waals surface area contributed by atoms with Gasteiger partial charge >= 0.3 is 5.97 Å². The Morgan fingerprint density at radius 1 is 0.857 bits per heavy atom. The second-order valence-corrected chi connectivity index (χ2v) is 6.83. The highest BCUT2D eigenvalue weighted by atomic mass is 35.5. The minimum absolute atomic E-state index is 0.0998. The Morgan fingerprint density at radius 3 is 2.36 bits per heavy atom. The lowest BCUT2D eigenvalue weighted by atomic mass is 10.0. The largest absolute Gasteiger partial charge is 0.452 e. The van der Waals surface area contributed by atoms with Crippen molar-refractivity contribution in [3.63, 3.8) is 0 Å². The number of hydrogen-bond donors (Lipinski definition) is 1. The summed E-state index contributed by atoms with van der Waals surface area (Å²) in [5.74, 6) is -1.15. The SMILES string of the molecule is O=C(COC(=O)c1cccc(Cl)c1Cl)Nc1ccccc1Cc1ccccc1. The predicted molar refractivity (Wildman–Crippen MR) is 111 cm³/mol. The summed E-state index contributed by atoms with van der Waals surface area (Å²) in [6.45, 7) is -0.429. The van der Waals surface area contributed by atoms with Crippen LogP contribution in [0.15, 0.2) is 72.8 Å². The van der Waals surface area contributed by atoms with Gasteiger partial charge in [-0.25, -0.2) is 4.79 Å². The average Bonchev–Trinajstić information content (AvgIpc) is 2.70. The summed E-state index contributed by atoms with van der Waals surface area (Å²) in [5, 5.41) is 3.13. The molecule has 28 heavy (non-hydrogen) atoms. The Labute approximate surface area is 173 Å². The maximum absolute atomic E-state index is 12.3. The minimum Gasteiger partial charge on any atom is -0.452 e. The number of para-hydroxylation sites is 1. The van der Waals surface area contributed by atoms with Gasteiger partial charge in [0.25, 0.3) is 5.91 Å². The van der Waals surface area contributed by atoms with Gasteiger partial charge in [-0.2, -0.15) is 0 Å². The van der Waals surface area contributed by atoms with Crippen molar-refractivity contribution >= 4 is 40.8 Å². The molecule has 3 aromatic rings. The van der Waals surface area contributed by atoms with Crippen LogP contribution in [0.3, 0.4) is 0 Å². The molecule has 0 bridgehead atoms. The lowest BCUT2D eigenvalue weighted by molar-refractivity contribution is -0.119. The van der Waals surface area contributed by atoms with Crippen LogP contribution in [0, 0.1) is 0 Å². The van der Waals surface area contributed by atoms with E-state index >= 15 is 0 Å². The zero-order valence-electron chi connectivity index (χ0n) is 14.8. The smallest absolute Gasteiger partial charge is 0.340 e. The number of nitrogens with one attached hydrogen (secondary N) is 1. The standard InChI is InChI=1S/C22H17Cl2NO3/c23-18-11-6-10-17(21(18)24)22(27)28-14-20(26)25-19-12-5-4-9-16(19)13-15-7-2-1-3-8-15/h1-12H,13-14H2,(H,25,26). The normalized spacial score (nSPS) is 10.4. The first-order valence-corrected chi connectivity index (χ1v) is 9.33. The summed E-state index contributed by atoms with van der Waals surface area (Å²) in [6.07, 6.45) is 0.676. The van der Waals surface area contributed by atoms with Gasteiger partial charge in [0, 0.05) is 5.69 Å². The highest BCUT2D eigenvalue weighted by molar-refractivity contribution is 6.43. The maximum atomic E-state index is 12.3. The fourth-order valence-corrected chi connectivity index (χ4v) is 3.05. The van der Waals surface area contributed by atoms with E-state index in [2.05, 4.69) is 5.32 Å². The number of carbonyl (C=O) groups is 2. The maximum Gasteiger partial charge on any atom is 0.340 e. The van der Waals surface area contributed by atoms with Crippen molar-refractivity contribution in [2.45, 2.75) is 6.42 Å². The van der Waals surface area contributed by atoms with Crippen molar-refractivity contribution in [1.29, 1.82) is 0 Å². The first-order valence-electron chi connectivity index (χ1n) is 8.57. The molecule has 6 heteroatoms. The fraction of sp³-hybridized carbons (Fsp3) is 0.0909. The summed E-state index contributed by atoms with van der Waals surface area (Å²) >= 11 is 11.9. The molecular weight excluding hydrogens is 397 g/mol. The number of hydrogen-bond acceptors (Lipinski definition) is 3. The lowest BCUT2D eigenvalue weighted by Crippen LogP contribution is -2.21. The van der Waals surface area contributed by atoms with E-state index in [4.69, 9.17) is 27.9 Å². The molecule has 0 atom stereocenters. The molecule has 3 aromatic carbocycles.